The molecule has 0 fully saturated rings. The second-order valence-electron chi connectivity index (χ2n) is 5.68. The van der Waals surface area contributed by atoms with E-state index in [-0.39, 0.29) is 5.82 Å². The Hall–Kier alpha value is -2.80. The average Bonchev–Trinajstić information content (AvgIpc) is 2.89. The maximum atomic E-state index is 11.3. The smallest absolute Gasteiger partial charge is 0.374 e. The van der Waals surface area contributed by atoms with E-state index in [4.69, 9.17) is 17.3 Å². The largest absolute Gasteiger partial charge is 0.475 e. The second-order valence-corrected chi connectivity index (χ2v) is 6.12. The minimum Gasteiger partial charge on any atom is -0.475 e. The van der Waals surface area contributed by atoms with Crippen LogP contribution in [-0.4, -0.2) is 26.0 Å². The number of aromatic carboxylic acids is 1. The molecule has 130 valence electrons. The molecule has 0 aliphatic rings. The van der Waals surface area contributed by atoms with Crippen LogP contribution in [0.5, 0.6) is 0 Å². The molecule has 0 radical (unpaired) electrons. The highest BCUT2D eigenvalue weighted by atomic mass is 35.5. The lowest BCUT2D eigenvalue weighted by Crippen LogP contribution is -2.07. The van der Waals surface area contributed by atoms with Crippen molar-refractivity contribution in [3.8, 4) is 0 Å². The zero-order chi connectivity index (χ0) is 18.0. The number of nitrogens with one attached hydrogen (secondary N) is 2. The van der Waals surface area contributed by atoms with E-state index >= 15 is 0 Å². The van der Waals surface area contributed by atoms with Crippen LogP contribution in [0.2, 0.25) is 5.02 Å². The van der Waals surface area contributed by atoms with Crippen molar-refractivity contribution in [3.05, 3.63) is 40.8 Å². The number of carbonyl (C=O) groups is 1. The number of aromatic nitrogens is 3. The molecule has 0 spiro atoms. The monoisotopic (exact) mass is 359 g/mol. The molecule has 5 N–H and O–H groups in total. The number of anilines is 3. The lowest BCUT2D eigenvalue weighted by Gasteiger charge is -2.08. The van der Waals surface area contributed by atoms with Crippen molar-refractivity contribution >= 4 is 45.8 Å². The van der Waals surface area contributed by atoms with Gasteiger partial charge in [-0.05, 0) is 31.0 Å². The normalized spacial score (nSPS) is 11.0. The summed E-state index contributed by atoms with van der Waals surface area (Å²) >= 11 is 6.01. The van der Waals surface area contributed by atoms with Crippen LogP contribution >= 0.6 is 11.6 Å². The Kier molecular flexibility index (Phi) is 4.76. The number of fused-ring (bicyclic) bond motifs is 1. The van der Waals surface area contributed by atoms with Crippen molar-refractivity contribution < 1.29 is 9.90 Å². The van der Waals surface area contributed by atoms with Gasteiger partial charge in [0, 0.05) is 16.4 Å². The molecule has 8 heteroatoms. The van der Waals surface area contributed by atoms with Crippen molar-refractivity contribution in [2.24, 2.45) is 0 Å². The number of halogens is 1. The first kappa shape index (κ1) is 17.0. The summed E-state index contributed by atoms with van der Waals surface area (Å²) in [5.41, 5.74) is 8.72. The fourth-order valence-electron chi connectivity index (χ4n) is 2.61. The van der Waals surface area contributed by atoms with Crippen LogP contribution in [0.25, 0.3) is 11.0 Å². The number of hydrogen-bond donors (Lipinski definition) is 4. The van der Waals surface area contributed by atoms with Gasteiger partial charge in [-0.25, -0.2) is 14.8 Å². The molecule has 25 heavy (non-hydrogen) atoms. The van der Waals surface area contributed by atoms with E-state index in [1.165, 1.54) is 0 Å². The Balaban J connectivity index is 2.13. The second kappa shape index (κ2) is 6.98. The van der Waals surface area contributed by atoms with Gasteiger partial charge in [-0.1, -0.05) is 31.0 Å². The SMILES string of the molecule is CCCCc1[nH]c2nc(C(=O)O)nc(Nc3cccc(Cl)c3)c2c1N. The Morgan fingerprint density at radius 3 is 2.88 bits per heavy atom. The van der Waals surface area contributed by atoms with Crippen molar-refractivity contribution in [3.63, 3.8) is 0 Å². The molecule has 0 amide bonds. The number of aryl methyl sites for hydroxylation is 1. The highest BCUT2D eigenvalue weighted by molar-refractivity contribution is 6.30. The number of rotatable bonds is 6. The van der Waals surface area contributed by atoms with E-state index < -0.39 is 5.97 Å². The number of benzene rings is 1. The fourth-order valence-corrected chi connectivity index (χ4v) is 2.80. The number of hydrogen-bond acceptors (Lipinski definition) is 5. The van der Waals surface area contributed by atoms with Gasteiger partial charge in [-0.3, -0.25) is 0 Å². The molecule has 0 atom stereocenters. The minimum atomic E-state index is -1.21. The molecule has 7 nitrogen and oxygen atoms in total. The molecule has 2 heterocycles. The highest BCUT2D eigenvalue weighted by Crippen LogP contribution is 2.32. The first-order valence-electron chi connectivity index (χ1n) is 7.93. The van der Waals surface area contributed by atoms with Crippen LogP contribution in [0.1, 0.15) is 36.1 Å². The molecular weight excluding hydrogens is 342 g/mol. The van der Waals surface area contributed by atoms with E-state index in [1.54, 1.807) is 24.3 Å². The first-order chi connectivity index (χ1) is 12.0. The van der Waals surface area contributed by atoms with Crippen molar-refractivity contribution in [2.45, 2.75) is 26.2 Å². The highest BCUT2D eigenvalue weighted by Gasteiger charge is 2.19. The van der Waals surface area contributed by atoms with E-state index in [2.05, 4.69) is 27.2 Å². The van der Waals surface area contributed by atoms with Crippen LogP contribution in [0.4, 0.5) is 17.2 Å². The average molecular weight is 360 g/mol. The van der Waals surface area contributed by atoms with Gasteiger partial charge in [0.15, 0.2) is 0 Å². The fraction of sp³-hybridized carbons (Fsp3) is 0.235. The van der Waals surface area contributed by atoms with Gasteiger partial charge in [-0.2, -0.15) is 0 Å². The molecule has 0 aliphatic heterocycles. The standard InChI is InChI=1S/C17H18ClN5O2/c1-2-3-7-11-13(19)12-14(20-10-6-4-5-9(18)8-10)22-16(17(24)25)23-15(12)21-11/h4-6,8H,2-3,7,19H2,1H3,(H,24,25)(H2,20,21,22,23). The number of H-pyrrole nitrogens is 1. The van der Waals surface area contributed by atoms with Gasteiger partial charge in [-0.15, -0.1) is 0 Å². The van der Waals surface area contributed by atoms with Crippen LogP contribution in [0.3, 0.4) is 0 Å². The quantitative estimate of drug-likeness (QED) is 0.529. The maximum Gasteiger partial charge on any atom is 0.374 e. The summed E-state index contributed by atoms with van der Waals surface area (Å²) in [7, 11) is 0. The third-order valence-corrected chi connectivity index (χ3v) is 4.07. The number of nitrogen functional groups attached to an aromatic ring is 1. The molecule has 0 saturated carbocycles. The molecule has 0 saturated heterocycles. The van der Waals surface area contributed by atoms with E-state index in [9.17, 15) is 9.90 Å². The maximum absolute atomic E-state index is 11.3. The first-order valence-corrected chi connectivity index (χ1v) is 8.31. The number of nitrogens with two attached hydrogens (primary N) is 1. The molecule has 3 aromatic rings. The molecule has 3 rings (SSSR count). The zero-order valence-electron chi connectivity index (χ0n) is 13.6. The molecule has 0 aliphatic carbocycles. The molecule has 0 bridgehead atoms. The lowest BCUT2D eigenvalue weighted by atomic mass is 10.1. The Labute approximate surface area is 149 Å². The molecule has 2 aromatic heterocycles. The van der Waals surface area contributed by atoms with Crippen LogP contribution in [-0.2, 0) is 6.42 Å². The third-order valence-electron chi connectivity index (χ3n) is 3.83. The zero-order valence-corrected chi connectivity index (χ0v) is 14.4. The third kappa shape index (κ3) is 3.51. The van der Waals surface area contributed by atoms with Gasteiger partial charge in [0.2, 0.25) is 5.82 Å². The van der Waals surface area contributed by atoms with E-state index in [0.29, 0.717) is 33.2 Å². The summed E-state index contributed by atoms with van der Waals surface area (Å²) in [5, 5.41) is 13.5. The van der Waals surface area contributed by atoms with Gasteiger partial charge in [0.1, 0.15) is 11.5 Å². The summed E-state index contributed by atoms with van der Waals surface area (Å²) in [6.07, 6.45) is 2.75. The molecule has 0 unspecified atom stereocenters. The van der Waals surface area contributed by atoms with E-state index in [1.807, 2.05) is 0 Å². The summed E-state index contributed by atoms with van der Waals surface area (Å²) in [4.78, 5) is 22.7. The summed E-state index contributed by atoms with van der Waals surface area (Å²) in [6, 6.07) is 7.06. The van der Waals surface area contributed by atoms with Crippen molar-refractivity contribution in [1.82, 2.24) is 15.0 Å². The number of carboxylic acids is 1. The molecular formula is C17H18ClN5O2. The van der Waals surface area contributed by atoms with Crippen LogP contribution in [0.15, 0.2) is 24.3 Å². The van der Waals surface area contributed by atoms with E-state index in [0.717, 1.165) is 25.0 Å². The van der Waals surface area contributed by atoms with Crippen LogP contribution < -0.4 is 11.1 Å². The topological polar surface area (TPSA) is 117 Å². The Bertz CT molecular complexity index is 938. The summed E-state index contributed by atoms with van der Waals surface area (Å²) < 4.78 is 0. The summed E-state index contributed by atoms with van der Waals surface area (Å²) in [5.74, 6) is -1.18. The van der Waals surface area contributed by atoms with Gasteiger partial charge in [0.25, 0.3) is 0 Å². The summed E-state index contributed by atoms with van der Waals surface area (Å²) in [6.45, 7) is 2.09. The Morgan fingerprint density at radius 1 is 1.40 bits per heavy atom. The van der Waals surface area contributed by atoms with Gasteiger partial charge >= 0.3 is 5.97 Å². The Morgan fingerprint density at radius 2 is 2.20 bits per heavy atom. The van der Waals surface area contributed by atoms with Crippen LogP contribution in [0, 0.1) is 0 Å². The lowest BCUT2D eigenvalue weighted by molar-refractivity contribution is 0.0684. The predicted molar refractivity (Wildman–Crippen MR) is 98.6 cm³/mol. The van der Waals surface area contributed by atoms with Gasteiger partial charge in [0.05, 0.1) is 11.1 Å². The number of aromatic amines is 1. The minimum absolute atomic E-state index is 0.305. The predicted octanol–water partition coefficient (Wildman–Crippen LogP) is 3.98. The number of nitrogens with zero attached hydrogens (tertiary/aromatic N) is 2. The molecule has 1 aromatic carbocycles. The van der Waals surface area contributed by atoms with Crippen molar-refractivity contribution in [1.29, 1.82) is 0 Å². The van der Waals surface area contributed by atoms with Crippen molar-refractivity contribution in [2.75, 3.05) is 11.1 Å². The number of unbranched alkanes of at least 4 members (excludes halogenated alkanes) is 1. The van der Waals surface area contributed by atoms with Gasteiger partial charge < -0.3 is 21.1 Å². The number of carboxylic acid groups (broad SMARTS) is 1.